The number of carbonyl (C=O) groups is 1. The Hall–Kier alpha value is -2.96. The van der Waals surface area contributed by atoms with Crippen LogP contribution in [-0.4, -0.2) is 25.0 Å². The quantitative estimate of drug-likeness (QED) is 0.662. The maximum Gasteiger partial charge on any atom is 0.417 e. The first-order chi connectivity index (χ1) is 13.1. The number of esters is 1. The molecule has 0 saturated heterocycles. The Morgan fingerprint density at radius 1 is 1.14 bits per heavy atom. The minimum atomic E-state index is -4.50. The van der Waals surface area contributed by atoms with Crippen LogP contribution in [0.5, 0.6) is 0 Å². The molecule has 2 aromatic rings. The molecule has 0 spiro atoms. The normalized spacial score (nSPS) is 17.6. The van der Waals surface area contributed by atoms with Gasteiger partial charge in [-0.25, -0.2) is 4.79 Å². The summed E-state index contributed by atoms with van der Waals surface area (Å²) in [6.07, 6.45) is -2.67. The molecule has 4 nitrogen and oxygen atoms in total. The Kier molecular flexibility index (Phi) is 5.10. The van der Waals surface area contributed by atoms with Gasteiger partial charge in [0.25, 0.3) is 0 Å². The van der Waals surface area contributed by atoms with E-state index in [0.717, 1.165) is 11.8 Å². The van der Waals surface area contributed by atoms with Crippen LogP contribution in [0, 0.1) is 0 Å². The minimum Gasteiger partial charge on any atom is -0.466 e. The molecule has 0 radical (unpaired) electrons. The van der Waals surface area contributed by atoms with E-state index in [4.69, 9.17) is 9.15 Å². The third-order valence-corrected chi connectivity index (χ3v) is 4.98. The zero-order valence-corrected chi connectivity index (χ0v) is 15.9. The molecule has 1 aromatic heterocycles. The third-order valence-electron chi connectivity index (χ3n) is 4.98. The number of hydrogen-bond acceptors (Lipinski definition) is 4. The number of ether oxygens (including phenoxy) is 1. The first kappa shape index (κ1) is 19.8. The monoisotopic (exact) mass is 391 g/mol. The van der Waals surface area contributed by atoms with Gasteiger partial charge in [-0.15, -0.1) is 0 Å². The Morgan fingerprint density at radius 3 is 2.46 bits per heavy atom. The Bertz CT molecular complexity index is 969. The first-order valence-electron chi connectivity index (χ1n) is 8.62. The van der Waals surface area contributed by atoms with Gasteiger partial charge in [0, 0.05) is 24.0 Å². The summed E-state index contributed by atoms with van der Waals surface area (Å²) in [7, 11) is 3.12. The van der Waals surface area contributed by atoms with E-state index in [0.29, 0.717) is 17.0 Å². The van der Waals surface area contributed by atoms with Gasteiger partial charge < -0.3 is 14.1 Å². The van der Waals surface area contributed by atoms with Crippen molar-refractivity contribution >= 4 is 5.97 Å². The largest absolute Gasteiger partial charge is 0.466 e. The standard InChI is InChI=1S/C21H20F3NO3/c1-12-11-15(19(20(26)27-4)13(2)25(12)3)18-10-9-17(28-18)14-7-5-6-8-16(14)21(22,23)24/h5-11,15H,1-4H3. The molecule has 7 heteroatoms. The summed E-state index contributed by atoms with van der Waals surface area (Å²) in [5.41, 5.74) is 1.16. The maximum atomic E-state index is 13.3. The van der Waals surface area contributed by atoms with E-state index in [-0.39, 0.29) is 11.3 Å². The van der Waals surface area contributed by atoms with Crippen LogP contribution < -0.4 is 0 Å². The van der Waals surface area contributed by atoms with Crippen LogP contribution in [0.2, 0.25) is 0 Å². The van der Waals surface area contributed by atoms with Gasteiger partial charge in [0.2, 0.25) is 0 Å². The van der Waals surface area contributed by atoms with Crippen molar-refractivity contribution in [3.05, 3.63) is 70.8 Å². The molecular weight excluding hydrogens is 371 g/mol. The molecule has 1 unspecified atom stereocenters. The van der Waals surface area contributed by atoms with Crippen molar-refractivity contribution in [3.63, 3.8) is 0 Å². The molecule has 0 fully saturated rings. The highest BCUT2D eigenvalue weighted by atomic mass is 19.4. The maximum absolute atomic E-state index is 13.3. The Labute approximate surface area is 160 Å². The van der Waals surface area contributed by atoms with Crippen molar-refractivity contribution < 1.29 is 27.1 Å². The van der Waals surface area contributed by atoms with Crippen molar-refractivity contribution in [1.29, 1.82) is 0 Å². The summed E-state index contributed by atoms with van der Waals surface area (Å²) in [5.74, 6) is -0.587. The van der Waals surface area contributed by atoms with Crippen molar-refractivity contribution in [3.8, 4) is 11.3 Å². The summed E-state index contributed by atoms with van der Waals surface area (Å²) >= 11 is 0. The van der Waals surface area contributed by atoms with Crippen LogP contribution in [-0.2, 0) is 15.7 Å². The van der Waals surface area contributed by atoms with Gasteiger partial charge in [-0.05, 0) is 38.1 Å². The molecule has 148 valence electrons. The van der Waals surface area contributed by atoms with Gasteiger partial charge in [0.15, 0.2) is 0 Å². The predicted molar refractivity (Wildman–Crippen MR) is 98.1 cm³/mol. The average molecular weight is 391 g/mol. The summed E-state index contributed by atoms with van der Waals surface area (Å²) < 4.78 is 50.7. The molecule has 0 saturated carbocycles. The molecule has 1 aliphatic heterocycles. The summed E-state index contributed by atoms with van der Waals surface area (Å²) in [4.78, 5) is 14.2. The molecule has 1 atom stereocenters. The summed E-state index contributed by atoms with van der Waals surface area (Å²) in [5, 5.41) is 0. The lowest BCUT2D eigenvalue weighted by molar-refractivity contribution is -0.137. The van der Waals surface area contributed by atoms with E-state index >= 15 is 0 Å². The van der Waals surface area contributed by atoms with Gasteiger partial charge in [-0.3, -0.25) is 0 Å². The molecule has 0 aliphatic carbocycles. The molecule has 0 N–H and O–H groups in total. The first-order valence-corrected chi connectivity index (χ1v) is 8.62. The Balaban J connectivity index is 2.08. The van der Waals surface area contributed by atoms with E-state index in [1.54, 1.807) is 13.0 Å². The lowest BCUT2D eigenvalue weighted by atomic mass is 9.90. The fourth-order valence-corrected chi connectivity index (χ4v) is 3.33. The number of nitrogens with zero attached hydrogens (tertiary/aromatic N) is 1. The number of carbonyl (C=O) groups excluding carboxylic acids is 1. The predicted octanol–water partition coefficient (Wildman–Crippen LogP) is 5.35. The van der Waals surface area contributed by atoms with Gasteiger partial charge >= 0.3 is 12.1 Å². The molecule has 2 heterocycles. The second-order valence-corrected chi connectivity index (χ2v) is 6.58. The van der Waals surface area contributed by atoms with Crippen molar-refractivity contribution in [2.24, 2.45) is 0 Å². The number of methoxy groups -OCH3 is 1. The van der Waals surface area contributed by atoms with Gasteiger partial charge in [-0.1, -0.05) is 18.2 Å². The highest BCUT2D eigenvalue weighted by Crippen LogP contribution is 2.41. The van der Waals surface area contributed by atoms with E-state index in [1.807, 2.05) is 24.9 Å². The van der Waals surface area contributed by atoms with E-state index < -0.39 is 23.6 Å². The average Bonchev–Trinajstić information content (AvgIpc) is 3.14. The van der Waals surface area contributed by atoms with Crippen molar-refractivity contribution in [2.45, 2.75) is 25.9 Å². The van der Waals surface area contributed by atoms with E-state index in [2.05, 4.69) is 0 Å². The second-order valence-electron chi connectivity index (χ2n) is 6.58. The second kappa shape index (κ2) is 7.22. The number of hydrogen-bond donors (Lipinski definition) is 0. The molecule has 0 bridgehead atoms. The summed E-state index contributed by atoms with van der Waals surface area (Å²) in [6, 6.07) is 8.33. The smallest absolute Gasteiger partial charge is 0.417 e. The van der Waals surface area contributed by atoms with Crippen LogP contribution in [0.25, 0.3) is 11.3 Å². The summed E-state index contributed by atoms with van der Waals surface area (Å²) in [6.45, 7) is 3.67. The van der Waals surface area contributed by atoms with Gasteiger partial charge in [0.1, 0.15) is 11.5 Å². The fraction of sp³-hybridized carbons (Fsp3) is 0.286. The zero-order valence-electron chi connectivity index (χ0n) is 15.9. The van der Waals surface area contributed by atoms with Gasteiger partial charge in [0.05, 0.1) is 24.2 Å². The third kappa shape index (κ3) is 3.44. The molecule has 3 rings (SSSR count). The van der Waals surface area contributed by atoms with Crippen molar-refractivity contribution in [2.75, 3.05) is 14.2 Å². The number of allylic oxidation sites excluding steroid dienone is 3. The number of halogens is 3. The number of alkyl halides is 3. The fourth-order valence-electron chi connectivity index (χ4n) is 3.33. The topological polar surface area (TPSA) is 42.7 Å². The Morgan fingerprint density at radius 2 is 1.82 bits per heavy atom. The SMILES string of the molecule is COC(=O)C1=C(C)N(C)C(C)=CC1c1ccc(-c2ccccc2C(F)(F)F)o1. The zero-order chi connectivity index (χ0) is 20.6. The van der Waals surface area contributed by atoms with Gasteiger partial charge in [-0.2, -0.15) is 13.2 Å². The van der Waals surface area contributed by atoms with E-state index in [1.165, 1.54) is 31.4 Å². The van der Waals surface area contributed by atoms with Crippen LogP contribution in [0.1, 0.15) is 31.1 Å². The molecule has 1 aliphatic rings. The highest BCUT2D eigenvalue weighted by Gasteiger charge is 2.35. The molecule has 1 aromatic carbocycles. The van der Waals surface area contributed by atoms with E-state index in [9.17, 15) is 18.0 Å². The number of benzene rings is 1. The van der Waals surface area contributed by atoms with Crippen LogP contribution >= 0.6 is 0 Å². The molecule has 28 heavy (non-hydrogen) atoms. The highest BCUT2D eigenvalue weighted by molar-refractivity contribution is 5.91. The number of rotatable bonds is 3. The van der Waals surface area contributed by atoms with Crippen LogP contribution in [0.15, 0.2) is 63.9 Å². The van der Waals surface area contributed by atoms with Crippen LogP contribution in [0.3, 0.4) is 0 Å². The lowest BCUT2D eigenvalue weighted by Gasteiger charge is -2.31. The molecular formula is C21H20F3NO3. The lowest BCUT2D eigenvalue weighted by Crippen LogP contribution is -2.26. The van der Waals surface area contributed by atoms with Crippen LogP contribution in [0.4, 0.5) is 13.2 Å². The number of furan rings is 1. The minimum absolute atomic E-state index is 0.0461. The molecule has 0 amide bonds. The van der Waals surface area contributed by atoms with Crippen molar-refractivity contribution in [1.82, 2.24) is 4.90 Å².